The molecule has 22 heavy (non-hydrogen) atoms. The van der Waals surface area contributed by atoms with E-state index in [0.717, 1.165) is 11.1 Å². The summed E-state index contributed by atoms with van der Waals surface area (Å²) in [6, 6.07) is 17.1. The first-order chi connectivity index (χ1) is 10.6. The summed E-state index contributed by atoms with van der Waals surface area (Å²) in [4.78, 5) is 16.7. The predicted molar refractivity (Wildman–Crippen MR) is 91.1 cm³/mol. The number of nitrogens with zero attached hydrogens (tertiary/aromatic N) is 1. The van der Waals surface area contributed by atoms with E-state index < -0.39 is 0 Å². The van der Waals surface area contributed by atoms with Crippen LogP contribution in [0.1, 0.15) is 15.9 Å². The average molecular weight is 309 g/mol. The van der Waals surface area contributed by atoms with Crippen LogP contribution in [-0.2, 0) is 0 Å². The van der Waals surface area contributed by atoms with Gasteiger partial charge in [0.25, 0.3) is 5.91 Å². The third-order valence-electron chi connectivity index (χ3n) is 3.23. The zero-order valence-corrected chi connectivity index (χ0v) is 12.9. The average Bonchev–Trinajstić information content (AvgIpc) is 2.89. The largest absolute Gasteiger partial charge is 0.375 e. The lowest BCUT2D eigenvalue weighted by atomic mass is 10.1. The van der Waals surface area contributed by atoms with Gasteiger partial charge in [-0.3, -0.25) is 4.79 Å². The van der Waals surface area contributed by atoms with Gasteiger partial charge < -0.3 is 11.1 Å². The van der Waals surface area contributed by atoms with Gasteiger partial charge in [-0.05, 0) is 19.1 Å². The summed E-state index contributed by atoms with van der Waals surface area (Å²) in [5, 5.41) is 3.99. The first kappa shape index (κ1) is 14.3. The number of rotatable bonds is 3. The second-order valence-corrected chi connectivity index (χ2v) is 5.95. The van der Waals surface area contributed by atoms with E-state index in [-0.39, 0.29) is 5.91 Å². The molecule has 5 heteroatoms. The lowest BCUT2D eigenvalue weighted by molar-refractivity contribution is 0.102. The van der Waals surface area contributed by atoms with Gasteiger partial charge in [-0.25, -0.2) is 4.98 Å². The Morgan fingerprint density at radius 3 is 2.45 bits per heavy atom. The van der Waals surface area contributed by atoms with Crippen molar-refractivity contribution in [3.63, 3.8) is 0 Å². The maximum Gasteiger partial charge on any atom is 0.256 e. The molecule has 110 valence electrons. The monoisotopic (exact) mass is 309 g/mol. The van der Waals surface area contributed by atoms with E-state index in [2.05, 4.69) is 10.3 Å². The van der Waals surface area contributed by atoms with Crippen LogP contribution in [0.25, 0.3) is 11.3 Å². The Morgan fingerprint density at radius 2 is 1.77 bits per heavy atom. The number of hydrogen-bond acceptors (Lipinski definition) is 4. The number of aromatic nitrogens is 1. The lowest BCUT2D eigenvalue weighted by Gasteiger charge is -2.05. The number of nitrogens with two attached hydrogens (primary N) is 1. The van der Waals surface area contributed by atoms with Gasteiger partial charge in [0.05, 0.1) is 0 Å². The molecule has 1 heterocycles. The highest BCUT2D eigenvalue weighted by Crippen LogP contribution is 2.34. The van der Waals surface area contributed by atoms with Crippen LogP contribution in [0.3, 0.4) is 0 Å². The van der Waals surface area contributed by atoms with Crippen LogP contribution in [0, 0.1) is 6.92 Å². The minimum Gasteiger partial charge on any atom is -0.375 e. The second-order valence-electron chi connectivity index (χ2n) is 4.92. The topological polar surface area (TPSA) is 68.0 Å². The summed E-state index contributed by atoms with van der Waals surface area (Å²) in [5.41, 5.74) is 9.15. The molecule has 3 rings (SSSR count). The maximum absolute atomic E-state index is 12.3. The van der Waals surface area contributed by atoms with E-state index in [1.165, 1.54) is 11.3 Å². The Morgan fingerprint density at radius 1 is 1.09 bits per heavy atom. The molecule has 0 unspecified atom stereocenters. The van der Waals surface area contributed by atoms with Crippen LogP contribution in [0.5, 0.6) is 0 Å². The van der Waals surface area contributed by atoms with Crippen molar-refractivity contribution in [3.05, 3.63) is 65.7 Å². The Labute approximate surface area is 132 Å². The molecule has 3 N–H and O–H groups in total. The van der Waals surface area contributed by atoms with Crippen molar-refractivity contribution in [1.82, 2.24) is 4.98 Å². The SMILES string of the molecule is Cc1ccc(C(=O)Nc2sc(N)nc2-c2ccccc2)cc1. The summed E-state index contributed by atoms with van der Waals surface area (Å²) < 4.78 is 0. The number of nitrogen functional groups attached to an aromatic ring is 1. The van der Waals surface area contributed by atoms with Gasteiger partial charge in [-0.1, -0.05) is 59.4 Å². The standard InChI is InChI=1S/C17H15N3OS/c1-11-7-9-13(10-8-11)15(21)20-16-14(19-17(18)22-16)12-5-3-2-4-6-12/h2-10H,1H3,(H2,18,19)(H,20,21). The molecule has 0 aliphatic heterocycles. The third-order valence-corrected chi connectivity index (χ3v) is 4.03. The molecule has 0 aliphatic carbocycles. The van der Waals surface area contributed by atoms with Crippen molar-refractivity contribution in [3.8, 4) is 11.3 Å². The van der Waals surface area contributed by atoms with Crippen LogP contribution in [-0.4, -0.2) is 10.9 Å². The number of amides is 1. The summed E-state index contributed by atoms with van der Waals surface area (Å²) in [6.07, 6.45) is 0. The van der Waals surface area contributed by atoms with E-state index in [4.69, 9.17) is 5.73 Å². The Balaban J connectivity index is 1.90. The first-order valence-electron chi connectivity index (χ1n) is 6.83. The predicted octanol–water partition coefficient (Wildman–Crippen LogP) is 3.95. The van der Waals surface area contributed by atoms with Crippen LogP contribution >= 0.6 is 11.3 Å². The number of carbonyl (C=O) groups is 1. The van der Waals surface area contributed by atoms with Crippen molar-refractivity contribution < 1.29 is 4.79 Å². The third kappa shape index (κ3) is 2.99. The molecule has 0 saturated heterocycles. The van der Waals surface area contributed by atoms with Crippen LogP contribution < -0.4 is 11.1 Å². The van der Waals surface area contributed by atoms with E-state index in [0.29, 0.717) is 21.4 Å². The molecule has 1 amide bonds. The quantitative estimate of drug-likeness (QED) is 0.769. The molecule has 2 aromatic carbocycles. The first-order valence-corrected chi connectivity index (χ1v) is 7.65. The molecule has 0 radical (unpaired) electrons. The molecule has 0 fully saturated rings. The molecule has 0 spiro atoms. The van der Waals surface area contributed by atoms with Crippen LogP contribution in [0.4, 0.5) is 10.1 Å². The normalized spacial score (nSPS) is 10.4. The maximum atomic E-state index is 12.3. The number of anilines is 2. The van der Waals surface area contributed by atoms with Crippen molar-refractivity contribution >= 4 is 27.4 Å². The molecule has 0 bridgehead atoms. The van der Waals surface area contributed by atoms with Crippen molar-refractivity contribution in [2.75, 3.05) is 11.1 Å². The molecule has 4 nitrogen and oxygen atoms in total. The molecule has 1 aromatic heterocycles. The Bertz CT molecular complexity index is 795. The van der Waals surface area contributed by atoms with Gasteiger partial charge in [0.15, 0.2) is 5.13 Å². The fraction of sp³-hybridized carbons (Fsp3) is 0.0588. The summed E-state index contributed by atoms with van der Waals surface area (Å²) in [6.45, 7) is 1.99. The summed E-state index contributed by atoms with van der Waals surface area (Å²) in [5.74, 6) is -0.166. The number of hydrogen-bond donors (Lipinski definition) is 2. The number of aryl methyl sites for hydroxylation is 1. The van der Waals surface area contributed by atoms with Gasteiger partial charge in [-0.15, -0.1) is 0 Å². The number of thiazole rings is 1. The Hall–Kier alpha value is -2.66. The van der Waals surface area contributed by atoms with E-state index in [1.54, 1.807) is 12.1 Å². The lowest BCUT2D eigenvalue weighted by Crippen LogP contribution is -2.11. The van der Waals surface area contributed by atoms with Crippen molar-refractivity contribution in [1.29, 1.82) is 0 Å². The summed E-state index contributed by atoms with van der Waals surface area (Å²) in [7, 11) is 0. The minimum atomic E-state index is -0.166. The second kappa shape index (κ2) is 5.99. The Kier molecular flexibility index (Phi) is 3.89. The van der Waals surface area contributed by atoms with Gasteiger partial charge in [-0.2, -0.15) is 0 Å². The zero-order valence-electron chi connectivity index (χ0n) is 12.0. The van der Waals surface area contributed by atoms with Gasteiger partial charge in [0.2, 0.25) is 0 Å². The molecule has 3 aromatic rings. The molecular formula is C17H15N3OS. The molecule has 0 aliphatic rings. The van der Waals surface area contributed by atoms with Crippen LogP contribution in [0.15, 0.2) is 54.6 Å². The summed E-state index contributed by atoms with van der Waals surface area (Å²) >= 11 is 1.27. The zero-order chi connectivity index (χ0) is 15.5. The highest BCUT2D eigenvalue weighted by atomic mass is 32.1. The van der Waals surface area contributed by atoms with Crippen molar-refractivity contribution in [2.45, 2.75) is 6.92 Å². The number of carbonyl (C=O) groups excluding carboxylic acids is 1. The fourth-order valence-corrected chi connectivity index (χ4v) is 2.84. The van der Waals surface area contributed by atoms with E-state index in [1.807, 2.05) is 49.4 Å². The number of benzene rings is 2. The highest BCUT2D eigenvalue weighted by Gasteiger charge is 2.15. The number of nitrogens with one attached hydrogen (secondary N) is 1. The van der Waals surface area contributed by atoms with Gasteiger partial charge in [0.1, 0.15) is 10.7 Å². The molecule has 0 atom stereocenters. The fourth-order valence-electron chi connectivity index (χ4n) is 2.09. The molecule has 0 saturated carbocycles. The molecular weight excluding hydrogens is 294 g/mol. The van der Waals surface area contributed by atoms with E-state index >= 15 is 0 Å². The van der Waals surface area contributed by atoms with Gasteiger partial charge >= 0.3 is 0 Å². The highest BCUT2D eigenvalue weighted by molar-refractivity contribution is 7.20. The van der Waals surface area contributed by atoms with E-state index in [9.17, 15) is 4.79 Å². The smallest absolute Gasteiger partial charge is 0.256 e. The minimum absolute atomic E-state index is 0.166. The van der Waals surface area contributed by atoms with Crippen molar-refractivity contribution in [2.24, 2.45) is 0 Å². The van der Waals surface area contributed by atoms with Crippen LogP contribution in [0.2, 0.25) is 0 Å². The van der Waals surface area contributed by atoms with Gasteiger partial charge in [0, 0.05) is 11.1 Å².